The number of nitrogens with one attached hydrogen (secondary N) is 2. The molecule has 2 heterocycles. The number of halogens is 2. The van der Waals surface area contributed by atoms with Crippen molar-refractivity contribution in [2.24, 2.45) is 0 Å². The highest BCUT2D eigenvalue weighted by atomic mass is 19.1. The van der Waals surface area contributed by atoms with E-state index in [-0.39, 0.29) is 18.5 Å². The van der Waals surface area contributed by atoms with Gasteiger partial charge in [0.15, 0.2) is 0 Å². The van der Waals surface area contributed by atoms with Gasteiger partial charge in [-0.25, -0.2) is 23.4 Å². The standard InChI is InChI=1S/C23H22F2N4O3/c1-32-22(30)19(11-14-5-3-2-4-6-14)28-23(31)29-10-9-18-20(27-13-26-18)21(29)16-8-7-15(24)12-17(16)25/h2-8,12-13,19,21H,9-11H2,1H3,(H,26,27)(H,28,31)/t19-,21+/m1/s1. The monoisotopic (exact) mass is 440 g/mol. The number of amides is 2. The summed E-state index contributed by atoms with van der Waals surface area (Å²) in [5.74, 6) is -2.09. The lowest BCUT2D eigenvalue weighted by atomic mass is 9.95. The Bertz CT molecular complexity index is 1120. The molecule has 1 aliphatic rings. The lowest BCUT2D eigenvalue weighted by Crippen LogP contribution is -2.52. The fourth-order valence-corrected chi connectivity index (χ4v) is 3.95. The molecular weight excluding hydrogens is 418 g/mol. The Kier molecular flexibility index (Phi) is 6.16. The van der Waals surface area contributed by atoms with Gasteiger partial charge in [0.2, 0.25) is 0 Å². The van der Waals surface area contributed by atoms with Crippen LogP contribution >= 0.6 is 0 Å². The number of esters is 1. The summed E-state index contributed by atoms with van der Waals surface area (Å²) in [4.78, 5) is 34.3. The van der Waals surface area contributed by atoms with E-state index >= 15 is 0 Å². The van der Waals surface area contributed by atoms with Crippen LogP contribution in [0.1, 0.15) is 28.6 Å². The fraction of sp³-hybridized carbons (Fsp3) is 0.261. The van der Waals surface area contributed by atoms with Gasteiger partial charge in [-0.2, -0.15) is 0 Å². The van der Waals surface area contributed by atoms with E-state index < -0.39 is 35.7 Å². The summed E-state index contributed by atoms with van der Waals surface area (Å²) in [6, 6.07) is 10.1. The molecule has 2 atom stereocenters. The maximum atomic E-state index is 14.7. The van der Waals surface area contributed by atoms with Crippen LogP contribution in [0, 0.1) is 11.6 Å². The Balaban J connectivity index is 1.63. The van der Waals surface area contributed by atoms with Crippen LogP contribution in [-0.2, 0) is 22.4 Å². The van der Waals surface area contributed by atoms with Crippen molar-refractivity contribution in [3.63, 3.8) is 0 Å². The molecule has 4 rings (SSSR count). The number of carbonyl (C=O) groups is 2. The van der Waals surface area contributed by atoms with Crippen LogP contribution in [0.25, 0.3) is 0 Å². The molecule has 9 heteroatoms. The summed E-state index contributed by atoms with van der Waals surface area (Å²) >= 11 is 0. The molecule has 7 nitrogen and oxygen atoms in total. The van der Waals surface area contributed by atoms with E-state index in [1.54, 1.807) is 0 Å². The molecule has 3 aromatic rings. The number of carbonyl (C=O) groups excluding carboxylic acids is 2. The van der Waals surface area contributed by atoms with Crippen molar-refractivity contribution in [3.8, 4) is 0 Å². The zero-order valence-electron chi connectivity index (χ0n) is 17.3. The van der Waals surface area contributed by atoms with Crippen molar-refractivity contribution in [3.05, 3.63) is 89.0 Å². The quantitative estimate of drug-likeness (QED) is 0.597. The Morgan fingerprint density at radius 1 is 1.25 bits per heavy atom. The van der Waals surface area contributed by atoms with E-state index in [2.05, 4.69) is 15.3 Å². The van der Waals surface area contributed by atoms with E-state index in [4.69, 9.17) is 4.74 Å². The predicted molar refractivity (Wildman–Crippen MR) is 112 cm³/mol. The highest BCUT2D eigenvalue weighted by molar-refractivity contribution is 5.84. The first-order valence-corrected chi connectivity index (χ1v) is 10.1. The van der Waals surface area contributed by atoms with Crippen LogP contribution in [-0.4, -0.2) is 46.6 Å². The van der Waals surface area contributed by atoms with E-state index in [0.717, 1.165) is 23.4 Å². The molecule has 1 aliphatic heterocycles. The third-order valence-corrected chi connectivity index (χ3v) is 5.51. The van der Waals surface area contributed by atoms with Crippen LogP contribution in [0.3, 0.4) is 0 Å². The smallest absolute Gasteiger partial charge is 0.328 e. The highest BCUT2D eigenvalue weighted by Gasteiger charge is 2.37. The Morgan fingerprint density at radius 2 is 2.03 bits per heavy atom. The number of rotatable bonds is 5. The van der Waals surface area contributed by atoms with Crippen LogP contribution in [0.4, 0.5) is 13.6 Å². The van der Waals surface area contributed by atoms with Crippen molar-refractivity contribution in [2.75, 3.05) is 13.7 Å². The lowest BCUT2D eigenvalue weighted by Gasteiger charge is -2.36. The number of imidazole rings is 1. The molecule has 0 radical (unpaired) electrons. The molecule has 0 unspecified atom stereocenters. The van der Waals surface area contributed by atoms with Gasteiger partial charge in [-0.05, 0) is 11.6 Å². The van der Waals surface area contributed by atoms with E-state index in [9.17, 15) is 18.4 Å². The highest BCUT2D eigenvalue weighted by Crippen LogP contribution is 2.35. The molecule has 0 aliphatic carbocycles. The van der Waals surface area contributed by atoms with Crippen LogP contribution in [0.5, 0.6) is 0 Å². The third-order valence-electron chi connectivity index (χ3n) is 5.51. The summed E-state index contributed by atoms with van der Waals surface area (Å²) in [6.45, 7) is 0.252. The SMILES string of the molecule is COC(=O)[C@@H](Cc1ccccc1)NC(=O)N1CCc2[nH]cnc2[C@@H]1c1ccc(F)cc1F. The zero-order valence-corrected chi connectivity index (χ0v) is 17.3. The second-order valence-corrected chi connectivity index (χ2v) is 7.49. The minimum Gasteiger partial charge on any atom is -0.467 e. The van der Waals surface area contributed by atoms with Gasteiger partial charge in [0, 0.05) is 36.7 Å². The second-order valence-electron chi connectivity index (χ2n) is 7.49. The van der Waals surface area contributed by atoms with E-state index in [0.29, 0.717) is 12.1 Å². The molecule has 2 aromatic carbocycles. The molecule has 166 valence electrons. The first kappa shape index (κ1) is 21.5. The fourth-order valence-electron chi connectivity index (χ4n) is 3.95. The maximum Gasteiger partial charge on any atom is 0.328 e. The largest absolute Gasteiger partial charge is 0.467 e. The molecular formula is C23H22F2N4O3. The van der Waals surface area contributed by atoms with Gasteiger partial charge < -0.3 is 19.9 Å². The lowest BCUT2D eigenvalue weighted by molar-refractivity contribution is -0.142. The normalized spacial score (nSPS) is 16.2. The third kappa shape index (κ3) is 4.32. The predicted octanol–water partition coefficient (Wildman–Crippen LogP) is 3.13. The molecule has 0 bridgehead atoms. The van der Waals surface area contributed by atoms with Crippen LogP contribution < -0.4 is 5.32 Å². The first-order chi connectivity index (χ1) is 15.5. The number of hydrogen-bond donors (Lipinski definition) is 2. The van der Waals surface area contributed by atoms with Crippen molar-refractivity contribution in [1.82, 2.24) is 20.2 Å². The number of urea groups is 1. The molecule has 0 spiro atoms. The average molecular weight is 440 g/mol. The minimum absolute atomic E-state index is 0.118. The molecule has 2 N–H and O–H groups in total. The van der Waals surface area contributed by atoms with Gasteiger partial charge in [-0.3, -0.25) is 0 Å². The molecule has 1 aromatic heterocycles. The van der Waals surface area contributed by atoms with Gasteiger partial charge in [-0.1, -0.05) is 36.4 Å². The van der Waals surface area contributed by atoms with Crippen molar-refractivity contribution >= 4 is 12.0 Å². The summed E-state index contributed by atoms with van der Waals surface area (Å²) in [6.07, 6.45) is 2.19. The number of H-pyrrole nitrogens is 1. The van der Waals surface area contributed by atoms with Crippen molar-refractivity contribution in [1.29, 1.82) is 0 Å². The van der Waals surface area contributed by atoms with Crippen LogP contribution in [0.15, 0.2) is 54.9 Å². The number of aromatic amines is 1. The Labute approximate surface area is 183 Å². The molecule has 0 fully saturated rings. The maximum absolute atomic E-state index is 14.7. The number of ether oxygens (including phenoxy) is 1. The number of hydrogen-bond acceptors (Lipinski definition) is 4. The first-order valence-electron chi connectivity index (χ1n) is 10.1. The van der Waals surface area contributed by atoms with E-state index in [1.807, 2.05) is 30.3 Å². The number of methoxy groups -OCH3 is 1. The minimum atomic E-state index is -0.936. The van der Waals surface area contributed by atoms with Gasteiger partial charge in [-0.15, -0.1) is 0 Å². The number of aromatic nitrogens is 2. The van der Waals surface area contributed by atoms with Crippen molar-refractivity contribution < 1.29 is 23.1 Å². The van der Waals surface area contributed by atoms with Gasteiger partial charge in [0.1, 0.15) is 23.7 Å². The second kappa shape index (κ2) is 9.17. The molecule has 0 saturated heterocycles. The van der Waals surface area contributed by atoms with Crippen molar-refractivity contribution in [2.45, 2.75) is 24.9 Å². The van der Waals surface area contributed by atoms with Gasteiger partial charge in [0.05, 0.1) is 19.1 Å². The number of benzene rings is 2. The zero-order chi connectivity index (χ0) is 22.7. The van der Waals surface area contributed by atoms with Gasteiger partial charge >= 0.3 is 12.0 Å². The molecule has 2 amide bonds. The topological polar surface area (TPSA) is 87.3 Å². The molecule has 32 heavy (non-hydrogen) atoms. The average Bonchev–Trinajstić information content (AvgIpc) is 3.27. The Morgan fingerprint density at radius 3 is 2.75 bits per heavy atom. The van der Waals surface area contributed by atoms with Gasteiger partial charge in [0.25, 0.3) is 0 Å². The van der Waals surface area contributed by atoms with Crippen LogP contribution in [0.2, 0.25) is 0 Å². The summed E-state index contributed by atoms with van der Waals surface area (Å²) in [5, 5.41) is 2.72. The summed E-state index contributed by atoms with van der Waals surface area (Å²) in [5.41, 5.74) is 2.22. The van der Waals surface area contributed by atoms with E-state index in [1.165, 1.54) is 24.4 Å². The Hall–Kier alpha value is -3.75. The molecule has 0 saturated carbocycles. The summed E-state index contributed by atoms with van der Waals surface area (Å²) in [7, 11) is 1.25. The summed E-state index contributed by atoms with van der Waals surface area (Å²) < 4.78 is 33.1. The number of fused-ring (bicyclic) bond motifs is 1. The number of nitrogens with zero attached hydrogens (tertiary/aromatic N) is 2.